The highest BCUT2D eigenvalue weighted by Crippen LogP contribution is 2.15. The lowest BCUT2D eigenvalue weighted by atomic mass is 10.2. The van der Waals surface area contributed by atoms with Gasteiger partial charge in [-0.05, 0) is 43.3 Å². The van der Waals surface area contributed by atoms with Crippen molar-refractivity contribution < 1.29 is 14.0 Å². The van der Waals surface area contributed by atoms with Crippen molar-refractivity contribution in [3.8, 4) is 0 Å². The standard InChI is InChI=1S/C21H19FN6O2/c1-13(20-26-17-4-2-3-5-18(17)27-20)24-19(29)12-28-11-16(10-23-28)25-21(30)14-6-8-15(22)9-7-14/h2-11,13H,12H2,1H3,(H,24,29)(H,25,30)(H,26,27). The minimum Gasteiger partial charge on any atom is -0.345 e. The first-order valence-corrected chi connectivity index (χ1v) is 9.31. The molecule has 0 radical (unpaired) electrons. The first kappa shape index (κ1) is 19.3. The van der Waals surface area contributed by atoms with Gasteiger partial charge in [-0.2, -0.15) is 5.10 Å². The van der Waals surface area contributed by atoms with E-state index < -0.39 is 11.7 Å². The molecule has 0 aliphatic rings. The zero-order valence-electron chi connectivity index (χ0n) is 16.1. The number of para-hydroxylation sites is 2. The third kappa shape index (κ3) is 4.35. The van der Waals surface area contributed by atoms with E-state index in [4.69, 9.17) is 0 Å². The van der Waals surface area contributed by atoms with E-state index in [-0.39, 0.29) is 18.5 Å². The maximum absolute atomic E-state index is 13.0. The number of anilines is 1. The summed E-state index contributed by atoms with van der Waals surface area (Å²) in [6.07, 6.45) is 2.99. The zero-order chi connectivity index (χ0) is 21.1. The maximum atomic E-state index is 13.0. The second-order valence-corrected chi connectivity index (χ2v) is 6.82. The smallest absolute Gasteiger partial charge is 0.255 e. The van der Waals surface area contributed by atoms with E-state index in [1.807, 2.05) is 31.2 Å². The van der Waals surface area contributed by atoms with Gasteiger partial charge in [-0.25, -0.2) is 9.37 Å². The number of nitrogens with zero attached hydrogens (tertiary/aromatic N) is 3. The topological polar surface area (TPSA) is 105 Å². The molecule has 8 nitrogen and oxygen atoms in total. The van der Waals surface area contributed by atoms with Crippen LogP contribution in [0.1, 0.15) is 29.1 Å². The fourth-order valence-corrected chi connectivity index (χ4v) is 3.00. The maximum Gasteiger partial charge on any atom is 0.255 e. The number of halogens is 1. The van der Waals surface area contributed by atoms with Gasteiger partial charge >= 0.3 is 0 Å². The highest BCUT2D eigenvalue weighted by Gasteiger charge is 2.15. The van der Waals surface area contributed by atoms with E-state index in [0.717, 1.165) is 11.0 Å². The fraction of sp³-hybridized carbons (Fsp3) is 0.143. The SMILES string of the molecule is CC(NC(=O)Cn1cc(NC(=O)c2ccc(F)cc2)cn1)c1nc2ccccc2[nH]1. The molecule has 9 heteroatoms. The molecule has 0 aliphatic heterocycles. The van der Waals surface area contributed by atoms with Gasteiger partial charge in [0.2, 0.25) is 5.91 Å². The Labute approximate surface area is 171 Å². The molecule has 0 saturated heterocycles. The van der Waals surface area contributed by atoms with Crippen LogP contribution in [0.25, 0.3) is 11.0 Å². The molecule has 2 aromatic heterocycles. The van der Waals surface area contributed by atoms with E-state index in [0.29, 0.717) is 17.1 Å². The molecular formula is C21H19FN6O2. The number of aromatic nitrogens is 4. The van der Waals surface area contributed by atoms with Gasteiger partial charge in [0.05, 0.1) is 29.0 Å². The predicted molar refractivity (Wildman–Crippen MR) is 109 cm³/mol. The molecule has 0 fully saturated rings. The molecule has 1 unspecified atom stereocenters. The van der Waals surface area contributed by atoms with Crippen molar-refractivity contribution in [1.29, 1.82) is 0 Å². The molecule has 2 heterocycles. The van der Waals surface area contributed by atoms with Crippen LogP contribution in [0.2, 0.25) is 0 Å². The molecule has 0 bridgehead atoms. The number of amides is 2. The van der Waals surface area contributed by atoms with E-state index >= 15 is 0 Å². The zero-order valence-corrected chi connectivity index (χ0v) is 16.1. The summed E-state index contributed by atoms with van der Waals surface area (Å²) >= 11 is 0. The lowest BCUT2D eigenvalue weighted by molar-refractivity contribution is -0.122. The summed E-state index contributed by atoms with van der Waals surface area (Å²) in [5.74, 6) is -0.389. The van der Waals surface area contributed by atoms with Crippen LogP contribution in [0, 0.1) is 5.82 Å². The van der Waals surface area contributed by atoms with Crippen molar-refractivity contribution in [3.05, 3.63) is 78.1 Å². The molecule has 0 saturated carbocycles. The summed E-state index contributed by atoms with van der Waals surface area (Å²) in [5.41, 5.74) is 2.49. The van der Waals surface area contributed by atoms with Crippen LogP contribution in [0.3, 0.4) is 0 Å². The molecule has 152 valence electrons. The third-order valence-electron chi connectivity index (χ3n) is 4.50. The number of carbonyl (C=O) groups excluding carboxylic acids is 2. The molecule has 30 heavy (non-hydrogen) atoms. The van der Waals surface area contributed by atoms with Crippen LogP contribution in [0.15, 0.2) is 60.9 Å². The van der Waals surface area contributed by atoms with Gasteiger partial charge in [-0.1, -0.05) is 12.1 Å². The van der Waals surface area contributed by atoms with Gasteiger partial charge in [0, 0.05) is 11.8 Å². The van der Waals surface area contributed by atoms with Crippen molar-refractivity contribution >= 4 is 28.5 Å². The van der Waals surface area contributed by atoms with Crippen molar-refractivity contribution in [2.75, 3.05) is 5.32 Å². The molecule has 1 atom stereocenters. The lowest BCUT2D eigenvalue weighted by Crippen LogP contribution is -2.30. The van der Waals surface area contributed by atoms with Crippen LogP contribution < -0.4 is 10.6 Å². The van der Waals surface area contributed by atoms with Crippen LogP contribution in [0.5, 0.6) is 0 Å². The number of benzene rings is 2. The summed E-state index contributed by atoms with van der Waals surface area (Å²) in [4.78, 5) is 32.2. The van der Waals surface area contributed by atoms with Crippen LogP contribution in [-0.4, -0.2) is 31.6 Å². The van der Waals surface area contributed by atoms with E-state index in [1.165, 1.54) is 35.1 Å². The number of rotatable bonds is 6. The van der Waals surface area contributed by atoms with E-state index in [2.05, 4.69) is 25.7 Å². The Morgan fingerprint density at radius 3 is 2.70 bits per heavy atom. The average Bonchev–Trinajstić information content (AvgIpc) is 3.35. The summed E-state index contributed by atoms with van der Waals surface area (Å²) < 4.78 is 14.4. The third-order valence-corrected chi connectivity index (χ3v) is 4.50. The van der Waals surface area contributed by atoms with Gasteiger partial charge in [-0.3, -0.25) is 14.3 Å². The normalized spacial score (nSPS) is 11.9. The number of hydrogen-bond acceptors (Lipinski definition) is 4. The number of hydrogen-bond donors (Lipinski definition) is 3. The van der Waals surface area contributed by atoms with Crippen LogP contribution in [0.4, 0.5) is 10.1 Å². The Balaban J connectivity index is 1.34. The number of imidazole rings is 1. The van der Waals surface area contributed by atoms with Gasteiger partial charge in [-0.15, -0.1) is 0 Å². The molecule has 0 spiro atoms. The van der Waals surface area contributed by atoms with Gasteiger partial charge < -0.3 is 15.6 Å². The van der Waals surface area contributed by atoms with Crippen molar-refractivity contribution in [2.24, 2.45) is 0 Å². The van der Waals surface area contributed by atoms with Crippen LogP contribution >= 0.6 is 0 Å². The molecule has 4 aromatic rings. The Hall–Kier alpha value is -4.01. The molecule has 3 N–H and O–H groups in total. The number of carbonyl (C=O) groups is 2. The van der Waals surface area contributed by atoms with E-state index in [9.17, 15) is 14.0 Å². The first-order chi connectivity index (χ1) is 14.5. The van der Waals surface area contributed by atoms with Crippen molar-refractivity contribution in [3.63, 3.8) is 0 Å². The Morgan fingerprint density at radius 1 is 1.17 bits per heavy atom. The molecule has 0 aliphatic carbocycles. The van der Waals surface area contributed by atoms with Crippen LogP contribution in [-0.2, 0) is 11.3 Å². The van der Waals surface area contributed by atoms with Gasteiger partial charge in [0.25, 0.3) is 5.91 Å². The molecule has 2 aromatic carbocycles. The fourth-order valence-electron chi connectivity index (χ4n) is 3.00. The summed E-state index contributed by atoms with van der Waals surface area (Å²) in [6.45, 7) is 1.82. The average molecular weight is 406 g/mol. The largest absolute Gasteiger partial charge is 0.345 e. The molecule has 2 amide bonds. The Bertz CT molecular complexity index is 1160. The lowest BCUT2D eigenvalue weighted by Gasteiger charge is -2.11. The Kier molecular flexibility index (Phi) is 5.25. The minimum absolute atomic E-state index is 0.0169. The second kappa shape index (κ2) is 8.16. The van der Waals surface area contributed by atoms with Crippen molar-refractivity contribution in [1.82, 2.24) is 25.1 Å². The van der Waals surface area contributed by atoms with Gasteiger partial charge in [0.1, 0.15) is 18.2 Å². The second-order valence-electron chi connectivity index (χ2n) is 6.82. The Morgan fingerprint density at radius 2 is 1.93 bits per heavy atom. The first-order valence-electron chi connectivity index (χ1n) is 9.31. The number of H-pyrrole nitrogens is 1. The number of aromatic amines is 1. The minimum atomic E-state index is -0.415. The molecular weight excluding hydrogens is 387 g/mol. The number of nitrogens with one attached hydrogen (secondary N) is 3. The quantitative estimate of drug-likeness (QED) is 0.458. The number of fused-ring (bicyclic) bond motifs is 1. The summed E-state index contributed by atoms with van der Waals surface area (Å²) in [5, 5.41) is 9.62. The highest BCUT2D eigenvalue weighted by atomic mass is 19.1. The van der Waals surface area contributed by atoms with E-state index in [1.54, 1.807) is 6.20 Å². The van der Waals surface area contributed by atoms with Crippen molar-refractivity contribution in [2.45, 2.75) is 19.5 Å². The summed E-state index contributed by atoms with van der Waals surface area (Å²) in [6, 6.07) is 12.5. The molecule has 4 rings (SSSR count). The monoisotopic (exact) mass is 406 g/mol. The summed E-state index contributed by atoms with van der Waals surface area (Å²) in [7, 11) is 0. The predicted octanol–water partition coefficient (Wildman–Crippen LogP) is 3.03. The highest BCUT2D eigenvalue weighted by molar-refractivity contribution is 6.04. The van der Waals surface area contributed by atoms with Gasteiger partial charge in [0.15, 0.2) is 0 Å².